The molecule has 2 heterocycles. The SMILES string of the molecule is CCN1CCN(c2cc(CO)cc(C(C)C)n2)CC1. The number of hydrogen-bond donors (Lipinski definition) is 1. The topological polar surface area (TPSA) is 39.6 Å². The first-order chi connectivity index (χ1) is 9.13. The van der Waals surface area contributed by atoms with Gasteiger partial charge in [-0.3, -0.25) is 0 Å². The predicted octanol–water partition coefficient (Wildman–Crippen LogP) is 1.84. The summed E-state index contributed by atoms with van der Waals surface area (Å²) in [7, 11) is 0. The zero-order valence-corrected chi connectivity index (χ0v) is 12.3. The van der Waals surface area contributed by atoms with E-state index in [4.69, 9.17) is 4.98 Å². The molecule has 106 valence electrons. The van der Waals surface area contributed by atoms with Gasteiger partial charge in [0.2, 0.25) is 0 Å². The highest BCUT2D eigenvalue weighted by Crippen LogP contribution is 2.21. The van der Waals surface area contributed by atoms with E-state index in [1.807, 2.05) is 12.1 Å². The molecule has 1 aliphatic heterocycles. The van der Waals surface area contributed by atoms with Crippen molar-refractivity contribution in [2.75, 3.05) is 37.6 Å². The monoisotopic (exact) mass is 263 g/mol. The summed E-state index contributed by atoms with van der Waals surface area (Å²) in [6.45, 7) is 11.9. The van der Waals surface area contributed by atoms with Crippen molar-refractivity contribution in [1.82, 2.24) is 9.88 Å². The average molecular weight is 263 g/mol. The van der Waals surface area contributed by atoms with Crippen LogP contribution in [0.5, 0.6) is 0 Å². The van der Waals surface area contributed by atoms with Gasteiger partial charge in [-0.1, -0.05) is 20.8 Å². The van der Waals surface area contributed by atoms with Crippen molar-refractivity contribution in [3.05, 3.63) is 23.4 Å². The van der Waals surface area contributed by atoms with Crippen molar-refractivity contribution in [3.63, 3.8) is 0 Å². The Hall–Kier alpha value is -1.13. The summed E-state index contributed by atoms with van der Waals surface area (Å²) in [4.78, 5) is 9.54. The van der Waals surface area contributed by atoms with Crippen molar-refractivity contribution in [2.45, 2.75) is 33.3 Å². The Labute approximate surface area is 116 Å². The molecule has 1 saturated heterocycles. The largest absolute Gasteiger partial charge is 0.392 e. The van der Waals surface area contributed by atoms with Crippen molar-refractivity contribution in [3.8, 4) is 0 Å². The van der Waals surface area contributed by atoms with Crippen LogP contribution < -0.4 is 4.90 Å². The summed E-state index contributed by atoms with van der Waals surface area (Å²) >= 11 is 0. The van der Waals surface area contributed by atoms with Crippen LogP contribution in [0.2, 0.25) is 0 Å². The number of pyridine rings is 1. The molecule has 1 N–H and O–H groups in total. The molecule has 4 nitrogen and oxygen atoms in total. The van der Waals surface area contributed by atoms with Gasteiger partial charge in [-0.2, -0.15) is 0 Å². The van der Waals surface area contributed by atoms with E-state index < -0.39 is 0 Å². The van der Waals surface area contributed by atoms with Gasteiger partial charge in [-0.15, -0.1) is 0 Å². The lowest BCUT2D eigenvalue weighted by atomic mass is 10.1. The minimum atomic E-state index is 0.0875. The number of anilines is 1. The van der Waals surface area contributed by atoms with Gasteiger partial charge in [-0.25, -0.2) is 4.98 Å². The first-order valence-corrected chi connectivity index (χ1v) is 7.23. The lowest BCUT2D eigenvalue weighted by Gasteiger charge is -2.35. The van der Waals surface area contributed by atoms with Crippen molar-refractivity contribution in [2.24, 2.45) is 0 Å². The number of aliphatic hydroxyl groups excluding tert-OH is 1. The number of piperazine rings is 1. The van der Waals surface area contributed by atoms with Gasteiger partial charge in [0.15, 0.2) is 0 Å². The van der Waals surface area contributed by atoms with E-state index >= 15 is 0 Å². The second kappa shape index (κ2) is 6.35. The van der Waals surface area contributed by atoms with Crippen LogP contribution >= 0.6 is 0 Å². The highest BCUT2D eigenvalue weighted by atomic mass is 16.3. The molecule has 2 rings (SSSR count). The average Bonchev–Trinajstić information content (AvgIpc) is 2.46. The molecular weight excluding hydrogens is 238 g/mol. The smallest absolute Gasteiger partial charge is 0.129 e. The van der Waals surface area contributed by atoms with Gasteiger partial charge in [0, 0.05) is 31.9 Å². The summed E-state index contributed by atoms with van der Waals surface area (Å²) < 4.78 is 0. The molecule has 1 fully saturated rings. The van der Waals surface area contributed by atoms with Crippen LogP contribution in [0, 0.1) is 0 Å². The normalized spacial score (nSPS) is 17.2. The lowest BCUT2D eigenvalue weighted by Crippen LogP contribution is -2.46. The molecule has 0 atom stereocenters. The van der Waals surface area contributed by atoms with Gasteiger partial charge in [-0.05, 0) is 30.2 Å². The quantitative estimate of drug-likeness (QED) is 0.900. The molecule has 1 aromatic heterocycles. The van der Waals surface area contributed by atoms with E-state index in [1.165, 1.54) is 0 Å². The second-order valence-electron chi connectivity index (χ2n) is 5.49. The Morgan fingerprint density at radius 3 is 2.42 bits per heavy atom. The van der Waals surface area contributed by atoms with Crippen molar-refractivity contribution >= 4 is 5.82 Å². The highest BCUT2D eigenvalue weighted by Gasteiger charge is 2.18. The molecule has 0 aromatic carbocycles. The predicted molar refractivity (Wildman–Crippen MR) is 78.6 cm³/mol. The van der Waals surface area contributed by atoms with E-state index in [0.29, 0.717) is 5.92 Å². The Kier molecular flexibility index (Phi) is 4.77. The fourth-order valence-corrected chi connectivity index (χ4v) is 2.44. The highest BCUT2D eigenvalue weighted by molar-refractivity contribution is 5.43. The van der Waals surface area contributed by atoms with Crippen LogP contribution in [0.15, 0.2) is 12.1 Å². The number of nitrogens with zero attached hydrogens (tertiary/aromatic N) is 3. The fraction of sp³-hybridized carbons (Fsp3) is 0.667. The van der Waals surface area contributed by atoms with Gasteiger partial charge in [0.25, 0.3) is 0 Å². The summed E-state index contributed by atoms with van der Waals surface area (Å²) in [6.07, 6.45) is 0. The first-order valence-electron chi connectivity index (χ1n) is 7.23. The number of aromatic nitrogens is 1. The maximum atomic E-state index is 9.39. The molecule has 0 saturated carbocycles. The summed E-state index contributed by atoms with van der Waals surface area (Å²) in [5.74, 6) is 1.41. The maximum Gasteiger partial charge on any atom is 0.129 e. The van der Waals surface area contributed by atoms with Crippen LogP contribution in [0.1, 0.15) is 37.9 Å². The molecule has 0 amide bonds. The third-order valence-electron chi connectivity index (χ3n) is 3.81. The van der Waals surface area contributed by atoms with Gasteiger partial charge in [0.05, 0.1) is 6.61 Å². The van der Waals surface area contributed by atoms with E-state index in [2.05, 4.69) is 30.6 Å². The van der Waals surface area contributed by atoms with Gasteiger partial charge in [0.1, 0.15) is 5.82 Å². The number of rotatable bonds is 4. The third kappa shape index (κ3) is 3.45. The molecule has 4 heteroatoms. The number of likely N-dealkylation sites (N-methyl/N-ethyl adjacent to an activating group) is 1. The van der Waals surface area contributed by atoms with Crippen LogP contribution in [0.3, 0.4) is 0 Å². The van der Waals surface area contributed by atoms with Gasteiger partial charge >= 0.3 is 0 Å². The third-order valence-corrected chi connectivity index (χ3v) is 3.81. The lowest BCUT2D eigenvalue weighted by molar-refractivity contribution is 0.270. The van der Waals surface area contributed by atoms with Crippen LogP contribution in [-0.4, -0.2) is 47.7 Å². The molecular formula is C15H25N3O. The zero-order valence-electron chi connectivity index (χ0n) is 12.3. The Morgan fingerprint density at radius 1 is 1.21 bits per heavy atom. The Balaban J connectivity index is 2.17. The van der Waals surface area contributed by atoms with Crippen molar-refractivity contribution in [1.29, 1.82) is 0 Å². The second-order valence-corrected chi connectivity index (χ2v) is 5.49. The summed E-state index contributed by atoms with van der Waals surface area (Å²) in [5, 5.41) is 9.39. The van der Waals surface area contributed by atoms with Crippen LogP contribution in [0.25, 0.3) is 0 Å². The maximum absolute atomic E-state index is 9.39. The molecule has 0 spiro atoms. The first kappa shape index (κ1) is 14.3. The number of hydrogen-bond acceptors (Lipinski definition) is 4. The fourth-order valence-electron chi connectivity index (χ4n) is 2.44. The van der Waals surface area contributed by atoms with Gasteiger partial charge < -0.3 is 14.9 Å². The molecule has 1 aliphatic rings. The summed E-state index contributed by atoms with van der Waals surface area (Å²) in [5.41, 5.74) is 2.03. The van der Waals surface area contributed by atoms with E-state index in [1.54, 1.807) is 0 Å². The summed E-state index contributed by atoms with van der Waals surface area (Å²) in [6, 6.07) is 4.03. The molecule has 1 aromatic rings. The van der Waals surface area contributed by atoms with Crippen molar-refractivity contribution < 1.29 is 5.11 Å². The Morgan fingerprint density at radius 2 is 1.89 bits per heavy atom. The minimum absolute atomic E-state index is 0.0875. The molecule has 0 bridgehead atoms. The number of aliphatic hydroxyl groups is 1. The molecule has 0 radical (unpaired) electrons. The molecule has 0 aliphatic carbocycles. The molecule has 0 unspecified atom stereocenters. The van der Waals surface area contributed by atoms with E-state index in [9.17, 15) is 5.11 Å². The zero-order chi connectivity index (χ0) is 13.8. The van der Waals surface area contributed by atoms with E-state index in [-0.39, 0.29) is 6.61 Å². The Bertz CT molecular complexity index is 412. The molecule has 19 heavy (non-hydrogen) atoms. The van der Waals surface area contributed by atoms with E-state index in [0.717, 1.165) is 49.8 Å². The standard InChI is InChI=1S/C15H25N3O/c1-4-17-5-7-18(8-6-17)15-10-13(11-19)9-14(16-15)12(2)3/h9-10,12,19H,4-8,11H2,1-3H3. The minimum Gasteiger partial charge on any atom is -0.392 e. The van der Waals surface area contributed by atoms with Crippen LogP contribution in [-0.2, 0) is 6.61 Å². The van der Waals surface area contributed by atoms with Crippen LogP contribution in [0.4, 0.5) is 5.82 Å².